The summed E-state index contributed by atoms with van der Waals surface area (Å²) < 4.78 is 2.56. The molecule has 0 unspecified atom stereocenters. The number of carbonyl (C=O) groups is 1. The first-order valence-electron chi connectivity index (χ1n) is 6.07. The topological polar surface area (TPSA) is 34.0 Å². The Morgan fingerprint density at radius 2 is 2.05 bits per heavy atom. The van der Waals surface area contributed by atoms with Crippen molar-refractivity contribution in [2.75, 3.05) is 6.54 Å². The lowest BCUT2D eigenvalue weighted by molar-refractivity contribution is 0.0954. The fraction of sp³-hybridized carbons (Fsp3) is 0.214. The lowest BCUT2D eigenvalue weighted by Gasteiger charge is -2.16. The molecule has 19 heavy (non-hydrogen) atoms. The molecular formula is C14H12BrClN2O. The van der Waals surface area contributed by atoms with Crippen molar-refractivity contribution in [1.82, 2.24) is 9.88 Å². The van der Waals surface area contributed by atoms with E-state index >= 15 is 0 Å². The van der Waals surface area contributed by atoms with Crippen molar-refractivity contribution in [1.29, 1.82) is 0 Å². The van der Waals surface area contributed by atoms with Gasteiger partial charge in [0.05, 0.1) is 4.60 Å². The molecule has 0 aliphatic carbocycles. The van der Waals surface area contributed by atoms with Crippen LogP contribution in [0.4, 0.5) is 0 Å². The number of fused-ring (bicyclic) bond motifs is 1. The van der Waals surface area contributed by atoms with Crippen LogP contribution in [0.5, 0.6) is 0 Å². The number of hydrogen-bond acceptors (Lipinski definition) is 2. The molecule has 0 spiro atoms. The van der Waals surface area contributed by atoms with Crippen LogP contribution in [0.2, 0.25) is 5.02 Å². The highest BCUT2D eigenvalue weighted by Crippen LogP contribution is 2.25. The first-order chi connectivity index (χ1) is 9.16. The summed E-state index contributed by atoms with van der Waals surface area (Å²) >= 11 is 9.33. The van der Waals surface area contributed by atoms with Crippen molar-refractivity contribution in [3.8, 4) is 0 Å². The number of aromatic nitrogens is 1. The fourth-order valence-corrected chi connectivity index (χ4v) is 3.14. The van der Waals surface area contributed by atoms with E-state index in [1.807, 2.05) is 6.07 Å². The van der Waals surface area contributed by atoms with Crippen LogP contribution in [0.1, 0.15) is 21.6 Å². The lowest BCUT2D eigenvalue weighted by Crippen LogP contribution is -2.26. The molecule has 1 N–H and O–H groups in total. The standard InChI is InChI=1S/C14H12BrClN2O/c15-13-7-10-8-17-6-5-12(10)18(13)14(19)9-1-3-11(16)4-2-9/h1-4,7,17H,5-6,8H2. The molecule has 5 heteroatoms. The number of hydrogen-bond donors (Lipinski definition) is 1. The van der Waals surface area contributed by atoms with Crippen LogP contribution in [0.3, 0.4) is 0 Å². The van der Waals surface area contributed by atoms with E-state index in [9.17, 15) is 4.79 Å². The third-order valence-electron chi connectivity index (χ3n) is 3.30. The van der Waals surface area contributed by atoms with Crippen molar-refractivity contribution in [2.45, 2.75) is 13.0 Å². The van der Waals surface area contributed by atoms with Gasteiger partial charge in [0.15, 0.2) is 0 Å². The zero-order valence-electron chi connectivity index (χ0n) is 10.1. The summed E-state index contributed by atoms with van der Waals surface area (Å²) in [5.41, 5.74) is 2.91. The number of carbonyl (C=O) groups excluding carboxylic acids is 1. The molecule has 3 rings (SSSR count). The Bertz CT molecular complexity index is 634. The highest BCUT2D eigenvalue weighted by molar-refractivity contribution is 9.10. The van der Waals surface area contributed by atoms with E-state index in [1.54, 1.807) is 28.8 Å². The third-order valence-corrected chi connectivity index (χ3v) is 4.13. The predicted molar refractivity (Wildman–Crippen MR) is 78.7 cm³/mol. The summed E-state index contributed by atoms with van der Waals surface area (Å²) in [7, 11) is 0. The largest absolute Gasteiger partial charge is 0.312 e. The molecule has 0 fully saturated rings. The SMILES string of the molecule is O=C(c1ccc(Cl)cc1)n1c(Br)cc2c1CCNC2. The molecule has 1 aromatic carbocycles. The Morgan fingerprint density at radius 1 is 1.32 bits per heavy atom. The summed E-state index contributed by atoms with van der Waals surface area (Å²) in [5, 5.41) is 3.94. The molecule has 1 aliphatic rings. The predicted octanol–water partition coefficient (Wildman–Crippen LogP) is 3.24. The molecular weight excluding hydrogens is 328 g/mol. The smallest absolute Gasteiger partial charge is 0.263 e. The second kappa shape index (κ2) is 5.12. The van der Waals surface area contributed by atoms with Gasteiger partial charge in [0.2, 0.25) is 0 Å². The molecule has 3 nitrogen and oxygen atoms in total. The van der Waals surface area contributed by atoms with Gasteiger partial charge in [0, 0.05) is 35.8 Å². The van der Waals surface area contributed by atoms with Crippen LogP contribution < -0.4 is 5.32 Å². The van der Waals surface area contributed by atoms with Crippen LogP contribution in [-0.2, 0) is 13.0 Å². The second-order valence-corrected chi connectivity index (χ2v) is 5.76. The first kappa shape index (κ1) is 12.9. The molecule has 0 amide bonds. The Kier molecular flexibility index (Phi) is 3.48. The van der Waals surface area contributed by atoms with Gasteiger partial charge < -0.3 is 5.32 Å². The van der Waals surface area contributed by atoms with Crippen LogP contribution in [0.15, 0.2) is 34.9 Å². The zero-order valence-corrected chi connectivity index (χ0v) is 12.5. The van der Waals surface area contributed by atoms with Gasteiger partial charge in [-0.15, -0.1) is 0 Å². The molecule has 0 saturated heterocycles. The fourth-order valence-electron chi connectivity index (χ4n) is 2.36. The van der Waals surface area contributed by atoms with E-state index in [4.69, 9.17) is 11.6 Å². The van der Waals surface area contributed by atoms with Crippen LogP contribution in [0, 0.1) is 0 Å². The van der Waals surface area contributed by atoms with E-state index < -0.39 is 0 Å². The minimum Gasteiger partial charge on any atom is -0.312 e. The summed E-state index contributed by atoms with van der Waals surface area (Å²) in [6.45, 7) is 1.71. The Balaban J connectivity index is 2.04. The highest BCUT2D eigenvalue weighted by atomic mass is 79.9. The number of nitrogens with one attached hydrogen (secondary N) is 1. The van der Waals surface area contributed by atoms with E-state index in [1.165, 1.54) is 5.56 Å². The highest BCUT2D eigenvalue weighted by Gasteiger charge is 2.21. The van der Waals surface area contributed by atoms with Gasteiger partial charge in [0.1, 0.15) is 0 Å². The van der Waals surface area contributed by atoms with E-state index in [-0.39, 0.29) is 5.91 Å². The summed E-state index contributed by atoms with van der Waals surface area (Å²) in [6, 6.07) is 8.99. The quantitative estimate of drug-likeness (QED) is 0.865. The lowest BCUT2D eigenvalue weighted by atomic mass is 10.1. The normalized spacial score (nSPS) is 14.2. The van der Waals surface area contributed by atoms with Crippen molar-refractivity contribution < 1.29 is 4.79 Å². The third kappa shape index (κ3) is 2.36. The maximum Gasteiger partial charge on any atom is 0.263 e. The van der Waals surface area contributed by atoms with E-state index in [2.05, 4.69) is 21.2 Å². The van der Waals surface area contributed by atoms with Gasteiger partial charge in [-0.05, 0) is 51.8 Å². The van der Waals surface area contributed by atoms with Gasteiger partial charge in [-0.25, -0.2) is 0 Å². The van der Waals surface area contributed by atoms with Crippen molar-refractivity contribution >= 4 is 33.4 Å². The van der Waals surface area contributed by atoms with Gasteiger partial charge >= 0.3 is 0 Å². The minimum atomic E-state index is -0.0216. The maximum absolute atomic E-state index is 12.6. The Hall–Kier alpha value is -1.10. The average molecular weight is 340 g/mol. The number of benzene rings is 1. The zero-order chi connectivity index (χ0) is 13.4. The Labute approximate surface area is 124 Å². The van der Waals surface area contributed by atoms with Crippen LogP contribution in [-0.4, -0.2) is 17.0 Å². The van der Waals surface area contributed by atoms with Gasteiger partial charge in [-0.1, -0.05) is 11.6 Å². The summed E-state index contributed by atoms with van der Waals surface area (Å²) in [5.74, 6) is -0.0216. The van der Waals surface area contributed by atoms with Crippen LogP contribution >= 0.6 is 27.5 Å². The van der Waals surface area contributed by atoms with Gasteiger partial charge in [-0.2, -0.15) is 0 Å². The van der Waals surface area contributed by atoms with Crippen molar-refractivity contribution in [3.63, 3.8) is 0 Å². The molecule has 0 radical (unpaired) electrons. The molecule has 1 aliphatic heterocycles. The Morgan fingerprint density at radius 3 is 2.79 bits per heavy atom. The average Bonchev–Trinajstić information content (AvgIpc) is 2.74. The maximum atomic E-state index is 12.6. The van der Waals surface area contributed by atoms with Crippen LogP contribution in [0.25, 0.3) is 0 Å². The molecule has 2 aromatic rings. The number of nitrogens with zero attached hydrogens (tertiary/aromatic N) is 1. The molecule has 98 valence electrons. The first-order valence-corrected chi connectivity index (χ1v) is 7.24. The van der Waals surface area contributed by atoms with Gasteiger partial charge in [0.25, 0.3) is 5.91 Å². The second-order valence-electron chi connectivity index (χ2n) is 4.51. The number of rotatable bonds is 1. The van der Waals surface area contributed by atoms with E-state index in [0.29, 0.717) is 10.6 Å². The molecule has 0 saturated carbocycles. The molecule has 0 bridgehead atoms. The molecule has 0 atom stereocenters. The number of halogens is 2. The molecule has 1 aromatic heterocycles. The van der Waals surface area contributed by atoms with Crippen molar-refractivity contribution in [2.24, 2.45) is 0 Å². The summed E-state index contributed by atoms with van der Waals surface area (Å²) in [4.78, 5) is 12.6. The summed E-state index contributed by atoms with van der Waals surface area (Å²) in [6.07, 6.45) is 0.861. The van der Waals surface area contributed by atoms with Crippen molar-refractivity contribution in [3.05, 3.63) is 56.8 Å². The monoisotopic (exact) mass is 338 g/mol. The molecule has 2 heterocycles. The van der Waals surface area contributed by atoms with E-state index in [0.717, 1.165) is 29.8 Å². The van der Waals surface area contributed by atoms with Gasteiger partial charge in [-0.3, -0.25) is 9.36 Å². The minimum absolute atomic E-state index is 0.0216.